The van der Waals surface area contributed by atoms with Crippen LogP contribution in [0, 0.1) is 0 Å². The maximum atomic E-state index is 12.2. The second-order valence-corrected chi connectivity index (χ2v) is 5.82. The summed E-state index contributed by atoms with van der Waals surface area (Å²) in [6.45, 7) is 2.61. The molecule has 27 heavy (non-hydrogen) atoms. The monoisotopic (exact) mass is 367 g/mol. The number of methoxy groups -OCH3 is 2. The van der Waals surface area contributed by atoms with Crippen molar-refractivity contribution in [1.82, 2.24) is 0 Å². The number of esters is 1. The van der Waals surface area contributed by atoms with E-state index in [0.717, 1.165) is 17.7 Å². The maximum Gasteiger partial charge on any atom is 0.363 e. The predicted octanol–water partition coefficient (Wildman–Crippen LogP) is 3.84. The van der Waals surface area contributed by atoms with Gasteiger partial charge in [0.15, 0.2) is 17.2 Å². The molecule has 0 spiro atoms. The number of hydrogen-bond donors (Lipinski definition) is 0. The van der Waals surface area contributed by atoms with Gasteiger partial charge in [0.1, 0.15) is 5.75 Å². The van der Waals surface area contributed by atoms with Crippen LogP contribution in [0.4, 0.5) is 0 Å². The van der Waals surface area contributed by atoms with Gasteiger partial charge in [-0.15, -0.1) is 0 Å². The summed E-state index contributed by atoms with van der Waals surface area (Å²) in [5.74, 6) is 1.76. The van der Waals surface area contributed by atoms with Crippen LogP contribution in [0.5, 0.6) is 17.2 Å². The second-order valence-electron chi connectivity index (χ2n) is 5.82. The zero-order valence-electron chi connectivity index (χ0n) is 15.5. The molecule has 6 nitrogen and oxygen atoms in total. The van der Waals surface area contributed by atoms with Crippen LogP contribution in [0.2, 0.25) is 0 Å². The van der Waals surface area contributed by atoms with Crippen molar-refractivity contribution in [1.29, 1.82) is 0 Å². The molecule has 0 unspecified atom stereocenters. The first-order valence-corrected chi connectivity index (χ1v) is 8.62. The van der Waals surface area contributed by atoms with Gasteiger partial charge in [0.05, 0.1) is 20.8 Å². The summed E-state index contributed by atoms with van der Waals surface area (Å²) in [7, 11) is 3.18. The highest BCUT2D eigenvalue weighted by atomic mass is 16.6. The number of cyclic esters (lactones) is 1. The molecule has 0 bridgehead atoms. The van der Waals surface area contributed by atoms with Gasteiger partial charge in [-0.25, -0.2) is 9.79 Å². The van der Waals surface area contributed by atoms with Crippen LogP contribution in [0.15, 0.2) is 53.2 Å². The van der Waals surface area contributed by atoms with Gasteiger partial charge >= 0.3 is 5.97 Å². The van der Waals surface area contributed by atoms with Crippen LogP contribution in [0.3, 0.4) is 0 Å². The summed E-state index contributed by atoms with van der Waals surface area (Å²) < 4.78 is 21.4. The zero-order valence-corrected chi connectivity index (χ0v) is 15.5. The predicted molar refractivity (Wildman–Crippen MR) is 102 cm³/mol. The van der Waals surface area contributed by atoms with E-state index in [2.05, 4.69) is 4.99 Å². The molecule has 6 heteroatoms. The number of hydrogen-bond acceptors (Lipinski definition) is 6. The number of carbonyl (C=O) groups excluding carboxylic acids is 1. The van der Waals surface area contributed by atoms with Gasteiger partial charge in [-0.3, -0.25) is 0 Å². The summed E-state index contributed by atoms with van der Waals surface area (Å²) in [5.41, 5.74) is 1.70. The fraction of sp³-hybridized carbons (Fsp3) is 0.238. The van der Waals surface area contributed by atoms with E-state index >= 15 is 0 Å². The van der Waals surface area contributed by atoms with E-state index in [1.165, 1.54) is 0 Å². The molecule has 0 aromatic heterocycles. The lowest BCUT2D eigenvalue weighted by Crippen LogP contribution is -2.05. The van der Waals surface area contributed by atoms with Gasteiger partial charge in [-0.2, -0.15) is 0 Å². The first-order valence-electron chi connectivity index (χ1n) is 8.62. The third-order valence-corrected chi connectivity index (χ3v) is 3.91. The van der Waals surface area contributed by atoms with Gasteiger partial charge < -0.3 is 18.9 Å². The maximum absolute atomic E-state index is 12.2. The van der Waals surface area contributed by atoms with Gasteiger partial charge in [-0.05, 0) is 54.5 Å². The molecular formula is C21H21NO5. The Morgan fingerprint density at radius 1 is 1.04 bits per heavy atom. The third kappa shape index (κ3) is 4.28. The van der Waals surface area contributed by atoms with Crippen molar-refractivity contribution in [2.24, 2.45) is 4.99 Å². The Morgan fingerprint density at radius 2 is 1.81 bits per heavy atom. The number of benzene rings is 2. The highest BCUT2D eigenvalue weighted by Crippen LogP contribution is 2.30. The lowest BCUT2D eigenvalue weighted by atomic mass is 10.1. The molecule has 2 aromatic carbocycles. The summed E-state index contributed by atoms with van der Waals surface area (Å²) in [6.07, 6.45) is 2.55. The minimum Gasteiger partial charge on any atom is -0.497 e. The fourth-order valence-corrected chi connectivity index (χ4v) is 2.53. The molecule has 0 N–H and O–H groups in total. The quantitative estimate of drug-likeness (QED) is 0.549. The lowest BCUT2D eigenvalue weighted by molar-refractivity contribution is -0.129. The molecule has 0 atom stereocenters. The average Bonchev–Trinajstić information content (AvgIpc) is 3.07. The van der Waals surface area contributed by atoms with Crippen molar-refractivity contribution >= 4 is 17.9 Å². The van der Waals surface area contributed by atoms with Crippen molar-refractivity contribution in [2.75, 3.05) is 20.8 Å². The van der Waals surface area contributed by atoms with Crippen molar-refractivity contribution in [3.63, 3.8) is 0 Å². The summed E-state index contributed by atoms with van der Waals surface area (Å²) in [6, 6.07) is 12.6. The van der Waals surface area contributed by atoms with Gasteiger partial charge in [0.25, 0.3) is 0 Å². The van der Waals surface area contributed by atoms with E-state index in [0.29, 0.717) is 23.7 Å². The van der Waals surface area contributed by atoms with E-state index in [-0.39, 0.29) is 11.6 Å². The lowest BCUT2D eigenvalue weighted by Gasteiger charge is -2.10. The minimum absolute atomic E-state index is 0.229. The Bertz CT molecular complexity index is 884. The molecule has 1 aliphatic rings. The van der Waals surface area contributed by atoms with Gasteiger partial charge in [0.2, 0.25) is 5.90 Å². The molecule has 3 rings (SSSR count). The highest BCUT2D eigenvalue weighted by molar-refractivity contribution is 6.12. The molecule has 0 aliphatic carbocycles. The molecule has 0 saturated heterocycles. The number of rotatable bonds is 7. The minimum atomic E-state index is -0.493. The molecule has 2 aromatic rings. The standard InChI is InChI=1S/C21H21NO5/c1-4-11-26-19-13-14(5-10-18(19)25-3)12-17-21(23)27-20(22-17)15-6-8-16(24-2)9-7-15/h5-10,12-13H,4,11H2,1-3H3. The third-order valence-electron chi connectivity index (χ3n) is 3.91. The van der Waals surface area contributed by atoms with E-state index in [1.54, 1.807) is 50.6 Å². The van der Waals surface area contributed by atoms with Crippen LogP contribution in [-0.2, 0) is 9.53 Å². The molecule has 0 fully saturated rings. The first-order chi connectivity index (χ1) is 13.1. The molecule has 140 valence electrons. The van der Waals surface area contributed by atoms with E-state index in [4.69, 9.17) is 18.9 Å². The van der Waals surface area contributed by atoms with E-state index < -0.39 is 5.97 Å². The number of nitrogens with zero attached hydrogens (tertiary/aromatic N) is 1. The van der Waals surface area contributed by atoms with Crippen LogP contribution in [0.25, 0.3) is 6.08 Å². The molecular weight excluding hydrogens is 346 g/mol. The second kappa shape index (κ2) is 8.40. The topological polar surface area (TPSA) is 66.3 Å². The Morgan fingerprint density at radius 3 is 2.48 bits per heavy atom. The number of aliphatic imine (C=N–C) groups is 1. The van der Waals surface area contributed by atoms with Crippen molar-refractivity contribution in [3.8, 4) is 17.2 Å². The Hall–Kier alpha value is -3.28. The van der Waals surface area contributed by atoms with Crippen molar-refractivity contribution in [2.45, 2.75) is 13.3 Å². The fourth-order valence-electron chi connectivity index (χ4n) is 2.53. The normalized spacial score (nSPS) is 14.7. The summed E-state index contributed by atoms with van der Waals surface area (Å²) in [4.78, 5) is 16.5. The SMILES string of the molecule is CCCOc1cc(C=C2N=C(c3ccc(OC)cc3)OC2=O)ccc1OC. The molecule has 0 amide bonds. The molecule has 1 aliphatic heterocycles. The van der Waals surface area contributed by atoms with Crippen LogP contribution in [-0.4, -0.2) is 32.7 Å². The summed E-state index contributed by atoms with van der Waals surface area (Å²) >= 11 is 0. The molecule has 0 radical (unpaired) electrons. The Labute approximate surface area is 158 Å². The smallest absolute Gasteiger partial charge is 0.363 e. The molecule has 1 heterocycles. The van der Waals surface area contributed by atoms with E-state index in [1.807, 2.05) is 19.1 Å². The van der Waals surface area contributed by atoms with Crippen molar-refractivity contribution < 1.29 is 23.7 Å². The molecule has 0 saturated carbocycles. The Kier molecular flexibility index (Phi) is 5.76. The van der Waals surface area contributed by atoms with Crippen LogP contribution < -0.4 is 14.2 Å². The number of ether oxygens (including phenoxy) is 4. The zero-order chi connectivity index (χ0) is 19.2. The number of carbonyl (C=O) groups is 1. The average molecular weight is 367 g/mol. The highest BCUT2D eigenvalue weighted by Gasteiger charge is 2.24. The van der Waals surface area contributed by atoms with E-state index in [9.17, 15) is 4.79 Å². The first kappa shape index (κ1) is 18.5. The van der Waals surface area contributed by atoms with Crippen molar-refractivity contribution in [3.05, 3.63) is 59.3 Å². The van der Waals surface area contributed by atoms with Crippen LogP contribution in [0.1, 0.15) is 24.5 Å². The summed E-state index contributed by atoms with van der Waals surface area (Å²) in [5, 5.41) is 0. The largest absolute Gasteiger partial charge is 0.497 e. The Balaban J connectivity index is 1.87. The van der Waals surface area contributed by atoms with Gasteiger partial charge in [-0.1, -0.05) is 13.0 Å². The van der Waals surface area contributed by atoms with Crippen LogP contribution >= 0.6 is 0 Å². The van der Waals surface area contributed by atoms with Gasteiger partial charge in [0, 0.05) is 5.56 Å².